The van der Waals surface area contributed by atoms with Crippen molar-refractivity contribution < 1.29 is 9.32 Å². The maximum Gasteiger partial charge on any atom is 0.252 e. The number of carbonyl (C=O) groups is 1. The molecule has 0 atom stereocenters. The van der Waals surface area contributed by atoms with Crippen LogP contribution >= 0.6 is 33.9 Å². The van der Waals surface area contributed by atoms with E-state index in [-0.39, 0.29) is 5.91 Å². The van der Waals surface area contributed by atoms with Gasteiger partial charge in [0.1, 0.15) is 0 Å². The highest BCUT2D eigenvalue weighted by Crippen LogP contribution is 2.16. The molecule has 15 heavy (non-hydrogen) atoms. The van der Waals surface area contributed by atoms with Crippen LogP contribution in [0.5, 0.6) is 0 Å². The number of nitrogens with one attached hydrogen (secondary N) is 1. The fraction of sp³-hybridized carbons (Fsp3) is 0.111. The SMILES string of the molecule is O=C(NCc1ccno1)c1csc(I)c1. The van der Waals surface area contributed by atoms with E-state index in [9.17, 15) is 4.79 Å². The van der Waals surface area contributed by atoms with Gasteiger partial charge in [-0.05, 0) is 28.7 Å². The normalized spacial score (nSPS) is 10.2. The summed E-state index contributed by atoms with van der Waals surface area (Å²) in [6.07, 6.45) is 1.55. The van der Waals surface area contributed by atoms with Crippen molar-refractivity contribution in [1.82, 2.24) is 10.5 Å². The zero-order valence-electron chi connectivity index (χ0n) is 7.57. The molecule has 2 rings (SSSR count). The number of carbonyl (C=O) groups excluding carboxylic acids is 1. The van der Waals surface area contributed by atoms with Crippen molar-refractivity contribution in [2.45, 2.75) is 6.54 Å². The van der Waals surface area contributed by atoms with E-state index in [1.807, 2.05) is 11.4 Å². The number of amides is 1. The lowest BCUT2D eigenvalue weighted by molar-refractivity contribution is 0.0947. The first-order valence-electron chi connectivity index (χ1n) is 4.17. The van der Waals surface area contributed by atoms with Gasteiger partial charge in [0.05, 0.1) is 21.2 Å². The Morgan fingerprint density at radius 2 is 2.53 bits per heavy atom. The van der Waals surface area contributed by atoms with Gasteiger partial charge in [0, 0.05) is 11.4 Å². The molecule has 4 nitrogen and oxygen atoms in total. The Bertz CT molecular complexity index is 452. The number of thiophene rings is 1. The molecule has 0 radical (unpaired) electrons. The summed E-state index contributed by atoms with van der Waals surface area (Å²) in [7, 11) is 0. The molecule has 0 bridgehead atoms. The Kier molecular flexibility index (Phi) is 3.37. The average molecular weight is 334 g/mol. The second kappa shape index (κ2) is 4.75. The number of aromatic nitrogens is 1. The van der Waals surface area contributed by atoms with E-state index in [2.05, 4.69) is 33.1 Å². The van der Waals surface area contributed by atoms with Crippen LogP contribution in [0.15, 0.2) is 28.2 Å². The van der Waals surface area contributed by atoms with Crippen molar-refractivity contribution in [1.29, 1.82) is 0 Å². The number of hydrogen-bond acceptors (Lipinski definition) is 4. The van der Waals surface area contributed by atoms with Gasteiger partial charge in [0.2, 0.25) is 0 Å². The van der Waals surface area contributed by atoms with Crippen LogP contribution in [0.1, 0.15) is 16.1 Å². The average Bonchev–Trinajstić information content (AvgIpc) is 2.84. The summed E-state index contributed by atoms with van der Waals surface area (Å²) in [5.74, 6) is 0.554. The minimum atomic E-state index is -0.0921. The molecule has 1 amide bonds. The molecule has 2 aromatic rings. The summed E-state index contributed by atoms with van der Waals surface area (Å²) in [5.41, 5.74) is 0.684. The zero-order chi connectivity index (χ0) is 10.7. The molecule has 0 fully saturated rings. The highest BCUT2D eigenvalue weighted by Gasteiger charge is 2.08. The first kappa shape index (κ1) is 10.6. The van der Waals surface area contributed by atoms with Gasteiger partial charge in [-0.15, -0.1) is 11.3 Å². The van der Waals surface area contributed by atoms with E-state index in [1.165, 1.54) is 0 Å². The molecule has 1 N–H and O–H groups in total. The lowest BCUT2D eigenvalue weighted by Crippen LogP contribution is -2.21. The van der Waals surface area contributed by atoms with Gasteiger partial charge >= 0.3 is 0 Å². The van der Waals surface area contributed by atoms with Gasteiger partial charge in [-0.2, -0.15) is 0 Å². The van der Waals surface area contributed by atoms with Crippen LogP contribution in [0.2, 0.25) is 0 Å². The van der Waals surface area contributed by atoms with Crippen molar-refractivity contribution in [3.63, 3.8) is 0 Å². The maximum absolute atomic E-state index is 11.6. The Morgan fingerprint density at radius 1 is 1.67 bits per heavy atom. The quantitative estimate of drug-likeness (QED) is 0.876. The van der Waals surface area contributed by atoms with E-state index in [0.717, 1.165) is 2.88 Å². The molecule has 78 valence electrons. The van der Waals surface area contributed by atoms with Crippen LogP contribution < -0.4 is 5.32 Å². The van der Waals surface area contributed by atoms with Crippen molar-refractivity contribution in [2.75, 3.05) is 0 Å². The Balaban J connectivity index is 1.93. The fourth-order valence-electron chi connectivity index (χ4n) is 1.03. The molecule has 6 heteroatoms. The topological polar surface area (TPSA) is 55.1 Å². The third-order valence-electron chi connectivity index (χ3n) is 1.74. The van der Waals surface area contributed by atoms with E-state index < -0.39 is 0 Å². The first-order chi connectivity index (χ1) is 7.25. The number of rotatable bonds is 3. The van der Waals surface area contributed by atoms with Crippen LogP contribution in [0.4, 0.5) is 0 Å². The molecule has 2 heterocycles. The van der Waals surface area contributed by atoms with E-state index in [4.69, 9.17) is 4.52 Å². The van der Waals surface area contributed by atoms with Gasteiger partial charge in [0.15, 0.2) is 5.76 Å². The fourth-order valence-corrected chi connectivity index (χ4v) is 2.36. The molecule has 0 saturated heterocycles. The molecular weight excluding hydrogens is 327 g/mol. The Morgan fingerprint density at radius 3 is 3.13 bits per heavy atom. The summed E-state index contributed by atoms with van der Waals surface area (Å²) in [6.45, 7) is 0.366. The number of nitrogens with zero attached hydrogens (tertiary/aromatic N) is 1. The van der Waals surface area contributed by atoms with Gasteiger partial charge in [0.25, 0.3) is 5.91 Å². The van der Waals surface area contributed by atoms with Gasteiger partial charge in [-0.1, -0.05) is 5.16 Å². The van der Waals surface area contributed by atoms with E-state index >= 15 is 0 Å². The molecule has 0 spiro atoms. The van der Waals surface area contributed by atoms with Crippen molar-refractivity contribution >= 4 is 39.8 Å². The van der Waals surface area contributed by atoms with Gasteiger partial charge in [-0.3, -0.25) is 4.79 Å². The lowest BCUT2D eigenvalue weighted by Gasteiger charge is -1.99. The van der Waals surface area contributed by atoms with Crippen molar-refractivity contribution in [3.05, 3.63) is 37.9 Å². The highest BCUT2D eigenvalue weighted by molar-refractivity contribution is 14.1. The molecule has 0 unspecified atom stereocenters. The molecule has 0 aliphatic rings. The third-order valence-corrected chi connectivity index (χ3v) is 3.53. The highest BCUT2D eigenvalue weighted by atomic mass is 127. The van der Waals surface area contributed by atoms with Crippen LogP contribution in [0.3, 0.4) is 0 Å². The molecule has 0 aliphatic carbocycles. The van der Waals surface area contributed by atoms with Gasteiger partial charge in [-0.25, -0.2) is 0 Å². The lowest BCUT2D eigenvalue weighted by atomic mass is 10.3. The molecule has 2 aromatic heterocycles. The van der Waals surface area contributed by atoms with Gasteiger partial charge < -0.3 is 9.84 Å². The van der Waals surface area contributed by atoms with Crippen LogP contribution in [-0.4, -0.2) is 11.1 Å². The minimum absolute atomic E-state index is 0.0921. The number of halogens is 1. The minimum Gasteiger partial charge on any atom is -0.360 e. The molecule has 0 aromatic carbocycles. The smallest absolute Gasteiger partial charge is 0.252 e. The van der Waals surface area contributed by atoms with Crippen LogP contribution in [-0.2, 0) is 6.54 Å². The molecule has 0 saturated carbocycles. The van der Waals surface area contributed by atoms with Crippen LogP contribution in [0, 0.1) is 2.88 Å². The predicted octanol–water partition coefficient (Wildman–Crippen LogP) is 2.27. The summed E-state index contributed by atoms with van der Waals surface area (Å²) in [4.78, 5) is 11.6. The number of hydrogen-bond donors (Lipinski definition) is 1. The van der Waals surface area contributed by atoms with Crippen molar-refractivity contribution in [3.8, 4) is 0 Å². The predicted molar refractivity (Wildman–Crippen MR) is 64.7 cm³/mol. The monoisotopic (exact) mass is 334 g/mol. The maximum atomic E-state index is 11.6. The molecule has 0 aliphatic heterocycles. The van der Waals surface area contributed by atoms with E-state index in [1.54, 1.807) is 23.6 Å². The summed E-state index contributed by atoms with van der Waals surface area (Å²) in [6, 6.07) is 3.57. The summed E-state index contributed by atoms with van der Waals surface area (Å²) < 4.78 is 5.96. The van der Waals surface area contributed by atoms with Crippen molar-refractivity contribution in [2.24, 2.45) is 0 Å². The first-order valence-corrected chi connectivity index (χ1v) is 6.13. The Labute approximate surface area is 104 Å². The summed E-state index contributed by atoms with van der Waals surface area (Å²) in [5, 5.41) is 8.13. The largest absolute Gasteiger partial charge is 0.360 e. The zero-order valence-corrected chi connectivity index (χ0v) is 10.5. The second-order valence-electron chi connectivity index (χ2n) is 2.80. The molecular formula is C9H7IN2O2S. The van der Waals surface area contributed by atoms with Crippen LogP contribution in [0.25, 0.3) is 0 Å². The van der Waals surface area contributed by atoms with E-state index in [0.29, 0.717) is 17.9 Å². The summed E-state index contributed by atoms with van der Waals surface area (Å²) >= 11 is 3.73. The Hall–Kier alpha value is -0.890. The third kappa shape index (κ3) is 2.78. The standard InChI is InChI=1S/C9H7IN2O2S/c10-8-3-6(5-15-8)9(13)11-4-7-1-2-12-14-7/h1-3,5H,4H2,(H,11,13). The second-order valence-corrected chi connectivity index (χ2v) is 5.61.